The highest BCUT2D eigenvalue weighted by Crippen LogP contribution is 2.27. The Balaban J connectivity index is 1.97. The number of nitrogens with one attached hydrogen (secondary N) is 1. The molecule has 3 unspecified atom stereocenters. The fraction of sp³-hybridized carbons (Fsp3) is 0.625. The molecule has 3 atom stereocenters. The highest BCUT2D eigenvalue weighted by molar-refractivity contribution is 9.10. The Bertz CT molecular complexity index is 390. The summed E-state index contributed by atoms with van der Waals surface area (Å²) in [6.07, 6.45) is 1.26. The third kappa shape index (κ3) is 3.80. The second kappa shape index (κ2) is 6.87. The molecule has 1 aliphatic heterocycles. The van der Waals surface area contributed by atoms with Gasteiger partial charge in [-0.2, -0.15) is 0 Å². The van der Waals surface area contributed by atoms with Crippen molar-refractivity contribution in [3.8, 4) is 0 Å². The highest BCUT2D eigenvalue weighted by Gasteiger charge is 2.28. The van der Waals surface area contributed by atoms with Crippen LogP contribution in [0.4, 0.5) is 0 Å². The molecule has 0 aromatic heterocycles. The number of likely N-dealkylation sites (tertiary alicyclic amines) is 1. The van der Waals surface area contributed by atoms with E-state index in [0.29, 0.717) is 12.1 Å². The molecule has 0 radical (unpaired) electrons. The van der Waals surface area contributed by atoms with Crippen LogP contribution < -0.4 is 5.32 Å². The summed E-state index contributed by atoms with van der Waals surface area (Å²) < 4.78 is 1.16. The van der Waals surface area contributed by atoms with Crippen LogP contribution in [0.1, 0.15) is 38.8 Å². The topological polar surface area (TPSA) is 15.3 Å². The van der Waals surface area contributed by atoms with Crippen molar-refractivity contribution in [3.63, 3.8) is 0 Å². The zero-order valence-corrected chi connectivity index (χ0v) is 13.8. The van der Waals surface area contributed by atoms with Crippen LogP contribution in [-0.2, 0) is 0 Å². The van der Waals surface area contributed by atoms with Gasteiger partial charge in [0.15, 0.2) is 0 Å². The second-order valence-electron chi connectivity index (χ2n) is 5.65. The molecule has 1 N–H and O–H groups in total. The number of halogens is 1. The summed E-state index contributed by atoms with van der Waals surface area (Å²) in [5.74, 6) is 0.728. The maximum atomic E-state index is 3.61. The Kier molecular flexibility index (Phi) is 5.43. The predicted octanol–water partition coefficient (Wildman–Crippen LogP) is 3.83. The van der Waals surface area contributed by atoms with Crippen LogP contribution in [0.3, 0.4) is 0 Å². The summed E-state index contributed by atoms with van der Waals surface area (Å²) >= 11 is 3.50. The van der Waals surface area contributed by atoms with Gasteiger partial charge in [-0.1, -0.05) is 41.9 Å². The van der Waals surface area contributed by atoms with E-state index in [1.807, 2.05) is 0 Å². The minimum Gasteiger partial charge on any atom is -0.314 e. The van der Waals surface area contributed by atoms with Crippen LogP contribution in [0.5, 0.6) is 0 Å². The Labute approximate surface area is 125 Å². The van der Waals surface area contributed by atoms with E-state index in [0.717, 1.165) is 16.9 Å². The third-order valence-electron chi connectivity index (χ3n) is 4.30. The van der Waals surface area contributed by atoms with Crippen molar-refractivity contribution in [1.82, 2.24) is 10.2 Å². The molecular formula is C16H25BrN2. The molecule has 106 valence electrons. The molecule has 0 amide bonds. The van der Waals surface area contributed by atoms with Crippen molar-refractivity contribution in [2.75, 3.05) is 19.6 Å². The molecule has 0 bridgehead atoms. The van der Waals surface area contributed by atoms with Gasteiger partial charge in [-0.25, -0.2) is 0 Å². The first-order valence-electron chi connectivity index (χ1n) is 7.34. The number of piperidine rings is 1. The van der Waals surface area contributed by atoms with Gasteiger partial charge in [0.25, 0.3) is 0 Å². The molecule has 1 heterocycles. The lowest BCUT2D eigenvalue weighted by Crippen LogP contribution is -2.48. The van der Waals surface area contributed by atoms with Crippen molar-refractivity contribution in [2.24, 2.45) is 5.92 Å². The van der Waals surface area contributed by atoms with E-state index >= 15 is 0 Å². The fourth-order valence-corrected chi connectivity index (χ4v) is 3.31. The monoisotopic (exact) mass is 324 g/mol. The number of hydrogen-bond acceptors (Lipinski definition) is 2. The summed E-state index contributed by atoms with van der Waals surface area (Å²) in [7, 11) is 0. The van der Waals surface area contributed by atoms with Crippen molar-refractivity contribution in [1.29, 1.82) is 0 Å². The summed E-state index contributed by atoms with van der Waals surface area (Å²) in [4.78, 5) is 2.61. The van der Waals surface area contributed by atoms with Crippen molar-refractivity contribution >= 4 is 15.9 Å². The van der Waals surface area contributed by atoms with Crippen molar-refractivity contribution in [2.45, 2.75) is 39.3 Å². The maximum absolute atomic E-state index is 3.61. The fourth-order valence-electron chi connectivity index (χ4n) is 3.05. The van der Waals surface area contributed by atoms with E-state index in [4.69, 9.17) is 0 Å². The largest absolute Gasteiger partial charge is 0.314 e. The van der Waals surface area contributed by atoms with Crippen LogP contribution in [0, 0.1) is 5.92 Å². The minimum absolute atomic E-state index is 0.512. The number of nitrogens with zero attached hydrogens (tertiary/aromatic N) is 1. The summed E-state index contributed by atoms with van der Waals surface area (Å²) in [6.45, 7) is 10.4. The normalized spacial score (nSPS) is 26.3. The molecule has 0 spiro atoms. The molecule has 0 saturated carbocycles. The van der Waals surface area contributed by atoms with Gasteiger partial charge in [-0.05, 0) is 43.5 Å². The third-order valence-corrected chi connectivity index (χ3v) is 4.83. The molecule has 1 aromatic rings. The standard InChI is InChI=1S/C16H25BrN2/c1-4-18-16-9-10-19(11-12(16)2)13(3)14-5-7-15(17)8-6-14/h5-8,12-13,16,18H,4,9-11H2,1-3H3. The van der Waals surface area contributed by atoms with Gasteiger partial charge in [-0.3, -0.25) is 4.90 Å². The molecular weight excluding hydrogens is 300 g/mol. The first-order chi connectivity index (χ1) is 9.11. The number of benzene rings is 1. The molecule has 2 rings (SSSR count). The number of rotatable bonds is 4. The first-order valence-corrected chi connectivity index (χ1v) is 8.14. The second-order valence-corrected chi connectivity index (χ2v) is 6.57. The van der Waals surface area contributed by atoms with Crippen molar-refractivity contribution < 1.29 is 0 Å². The molecule has 1 fully saturated rings. The van der Waals surface area contributed by atoms with Crippen LogP contribution in [0.15, 0.2) is 28.7 Å². The lowest BCUT2D eigenvalue weighted by molar-refractivity contribution is 0.112. The summed E-state index contributed by atoms with van der Waals surface area (Å²) in [5.41, 5.74) is 1.41. The van der Waals surface area contributed by atoms with Gasteiger partial charge in [0.05, 0.1) is 0 Å². The van der Waals surface area contributed by atoms with Crippen LogP contribution in [-0.4, -0.2) is 30.6 Å². The van der Waals surface area contributed by atoms with Gasteiger partial charge >= 0.3 is 0 Å². The van der Waals surface area contributed by atoms with Gasteiger partial charge in [0, 0.05) is 29.6 Å². The first kappa shape index (κ1) is 15.0. The summed E-state index contributed by atoms with van der Waals surface area (Å²) in [5, 5.41) is 3.61. The maximum Gasteiger partial charge on any atom is 0.0320 e. The molecule has 2 nitrogen and oxygen atoms in total. The lowest BCUT2D eigenvalue weighted by Gasteiger charge is -2.40. The molecule has 0 aliphatic carbocycles. The van der Waals surface area contributed by atoms with Gasteiger partial charge in [-0.15, -0.1) is 0 Å². The van der Waals surface area contributed by atoms with Crippen LogP contribution >= 0.6 is 15.9 Å². The molecule has 1 saturated heterocycles. The van der Waals surface area contributed by atoms with Crippen molar-refractivity contribution in [3.05, 3.63) is 34.3 Å². The van der Waals surface area contributed by atoms with Crippen LogP contribution in [0.2, 0.25) is 0 Å². The quantitative estimate of drug-likeness (QED) is 0.905. The van der Waals surface area contributed by atoms with E-state index in [-0.39, 0.29) is 0 Å². The Morgan fingerprint density at radius 1 is 1.37 bits per heavy atom. The zero-order valence-electron chi connectivity index (χ0n) is 12.2. The molecule has 1 aromatic carbocycles. The average Bonchev–Trinajstić information content (AvgIpc) is 2.41. The highest BCUT2D eigenvalue weighted by atomic mass is 79.9. The Hall–Kier alpha value is -0.380. The predicted molar refractivity (Wildman–Crippen MR) is 85.4 cm³/mol. The van der Waals surface area contributed by atoms with E-state index in [2.05, 4.69) is 71.2 Å². The molecule has 1 aliphatic rings. The van der Waals surface area contributed by atoms with E-state index < -0.39 is 0 Å². The van der Waals surface area contributed by atoms with E-state index in [1.165, 1.54) is 25.1 Å². The smallest absolute Gasteiger partial charge is 0.0320 e. The van der Waals surface area contributed by atoms with E-state index in [9.17, 15) is 0 Å². The van der Waals surface area contributed by atoms with Gasteiger partial charge in [0.1, 0.15) is 0 Å². The van der Waals surface area contributed by atoms with Gasteiger partial charge in [0.2, 0.25) is 0 Å². The lowest BCUT2D eigenvalue weighted by atomic mass is 9.92. The molecule has 3 heteroatoms. The zero-order chi connectivity index (χ0) is 13.8. The van der Waals surface area contributed by atoms with Crippen LogP contribution in [0.25, 0.3) is 0 Å². The SMILES string of the molecule is CCNC1CCN(C(C)c2ccc(Br)cc2)CC1C. The Morgan fingerprint density at radius 2 is 2.05 bits per heavy atom. The number of hydrogen-bond donors (Lipinski definition) is 1. The Morgan fingerprint density at radius 3 is 2.63 bits per heavy atom. The summed E-state index contributed by atoms with van der Waals surface area (Å²) in [6, 6.07) is 9.95. The van der Waals surface area contributed by atoms with Gasteiger partial charge < -0.3 is 5.32 Å². The van der Waals surface area contributed by atoms with E-state index in [1.54, 1.807) is 0 Å². The molecule has 19 heavy (non-hydrogen) atoms. The average molecular weight is 325 g/mol. The minimum atomic E-state index is 0.512.